The van der Waals surface area contributed by atoms with Crippen LogP contribution in [0, 0.1) is 30.6 Å². The molecule has 2 bridgehead atoms. The molecule has 0 saturated heterocycles. The SMILES string of the molecule is CC1(C)C2CCC(CN=Cc3ccccc3[PH+](c3ccccc3)c3ccccc3)C1C2.[Br][Pt+].[CH3-]. The minimum Gasteiger partial charge on any atom is -0.358 e. The standard InChI is InChI=1S/C29H32NP.CH3.BrH.Pt/c1-29(2)24-18-17-22(27(29)19-24)20-30-21-23-11-9-10-16-28(23)31(25-12-5-3-6-13-25)26-14-7-4-8-15-26;;;/h3-16,21-22,24,27H,17-20H2,1-2H3;1H3;1H;/q;-1;;+2. The summed E-state index contributed by atoms with van der Waals surface area (Å²) in [5.41, 5.74) is 1.82. The minimum atomic E-state index is -1.07. The van der Waals surface area contributed by atoms with Crippen molar-refractivity contribution in [3.8, 4) is 0 Å². The fraction of sp³-hybridized carbons (Fsp3) is 0.333. The van der Waals surface area contributed by atoms with Gasteiger partial charge in [0.25, 0.3) is 0 Å². The van der Waals surface area contributed by atoms with Gasteiger partial charge in [-0.3, -0.25) is 4.99 Å². The van der Waals surface area contributed by atoms with Crippen molar-refractivity contribution in [3.63, 3.8) is 0 Å². The summed E-state index contributed by atoms with van der Waals surface area (Å²) in [6.07, 6.45) is 6.36. The summed E-state index contributed by atoms with van der Waals surface area (Å²) in [5, 5.41) is 4.28. The second-order valence-electron chi connectivity index (χ2n) is 9.89. The third kappa shape index (κ3) is 5.83. The second kappa shape index (κ2) is 12.8. The number of fused-ring (bicyclic) bond motifs is 2. The minimum absolute atomic E-state index is 0. The number of rotatable bonds is 6. The van der Waals surface area contributed by atoms with E-state index in [9.17, 15) is 0 Å². The quantitative estimate of drug-likeness (QED) is 0.149. The average molecular weight is 717 g/mol. The van der Waals surface area contributed by atoms with E-state index in [1.54, 1.807) is 0 Å². The Labute approximate surface area is 225 Å². The van der Waals surface area contributed by atoms with E-state index >= 15 is 0 Å². The van der Waals surface area contributed by atoms with Crippen LogP contribution < -0.4 is 15.9 Å². The molecule has 0 aliphatic heterocycles. The molecule has 182 valence electrons. The molecule has 3 unspecified atom stereocenters. The van der Waals surface area contributed by atoms with Gasteiger partial charge >= 0.3 is 31.1 Å². The van der Waals surface area contributed by atoms with Gasteiger partial charge in [0.15, 0.2) is 0 Å². The number of hydrogen-bond donors (Lipinski definition) is 0. The van der Waals surface area contributed by atoms with E-state index in [-0.39, 0.29) is 7.43 Å². The molecule has 34 heavy (non-hydrogen) atoms. The maximum absolute atomic E-state index is 5.03. The average Bonchev–Trinajstić information content (AvgIpc) is 2.88. The number of hydrogen-bond acceptors (Lipinski definition) is 1. The van der Waals surface area contributed by atoms with Crippen molar-refractivity contribution in [3.05, 3.63) is 97.9 Å². The van der Waals surface area contributed by atoms with Gasteiger partial charge in [0, 0.05) is 18.3 Å². The molecule has 3 fully saturated rings. The Hall–Kier alpha value is -1.07. The van der Waals surface area contributed by atoms with Crippen LogP contribution >= 0.6 is 21.2 Å². The van der Waals surface area contributed by atoms with Crippen LogP contribution in [0.3, 0.4) is 0 Å². The van der Waals surface area contributed by atoms with Crippen molar-refractivity contribution in [1.29, 1.82) is 0 Å². The second-order valence-corrected chi connectivity index (χ2v) is 12.3. The molecule has 0 spiro atoms. The first-order valence-corrected chi connectivity index (χ1v) is 18.3. The van der Waals surface area contributed by atoms with Crippen LogP contribution in [0.25, 0.3) is 0 Å². The largest absolute Gasteiger partial charge is 0.358 e. The number of aliphatic imine (C=N–C) groups is 1. The zero-order valence-electron chi connectivity index (χ0n) is 20.4. The van der Waals surface area contributed by atoms with Gasteiger partial charge in [-0.25, -0.2) is 0 Å². The van der Waals surface area contributed by atoms with Gasteiger partial charge in [0.1, 0.15) is 15.9 Å². The van der Waals surface area contributed by atoms with Crippen LogP contribution in [0.15, 0.2) is 89.9 Å². The zero-order chi connectivity index (χ0) is 23.3. The Balaban J connectivity index is 0.00000105. The van der Waals surface area contributed by atoms with Gasteiger partial charge in [-0.2, -0.15) is 0 Å². The van der Waals surface area contributed by atoms with Crippen LogP contribution in [0.4, 0.5) is 0 Å². The topological polar surface area (TPSA) is 12.4 Å². The molecule has 3 saturated carbocycles. The van der Waals surface area contributed by atoms with Crippen LogP contribution in [0.1, 0.15) is 38.7 Å². The van der Waals surface area contributed by atoms with Crippen molar-refractivity contribution in [1.82, 2.24) is 0 Å². The summed E-state index contributed by atoms with van der Waals surface area (Å²) >= 11 is 4.86. The molecule has 0 radical (unpaired) electrons. The molecular formula is C30H36BrNPPt+. The molecule has 3 aromatic rings. The van der Waals surface area contributed by atoms with Gasteiger partial charge < -0.3 is 7.43 Å². The van der Waals surface area contributed by atoms with Gasteiger partial charge in [-0.1, -0.05) is 62.4 Å². The zero-order valence-corrected chi connectivity index (χ0v) is 25.2. The fourth-order valence-corrected chi connectivity index (χ4v) is 8.70. The summed E-state index contributed by atoms with van der Waals surface area (Å²) in [6, 6.07) is 30.9. The molecule has 0 heterocycles. The first-order chi connectivity index (χ1) is 16.1. The molecule has 6 rings (SSSR count). The first kappa shape index (κ1) is 27.5. The van der Waals surface area contributed by atoms with Crippen molar-refractivity contribution in [2.45, 2.75) is 33.1 Å². The smallest absolute Gasteiger partial charge is 0.358 e. The first-order valence-electron chi connectivity index (χ1n) is 11.8. The Morgan fingerprint density at radius 2 is 1.44 bits per heavy atom. The van der Waals surface area contributed by atoms with Gasteiger partial charge in [0.05, 0.1) is 7.92 Å². The summed E-state index contributed by atoms with van der Waals surface area (Å²) in [4.78, 5) is 5.03. The predicted molar refractivity (Wildman–Crippen MR) is 152 cm³/mol. The van der Waals surface area contributed by atoms with E-state index in [1.807, 2.05) is 17.8 Å². The van der Waals surface area contributed by atoms with E-state index in [0.717, 1.165) is 24.3 Å². The van der Waals surface area contributed by atoms with E-state index in [4.69, 9.17) is 4.99 Å². The van der Waals surface area contributed by atoms with E-state index in [1.165, 1.54) is 40.7 Å². The Morgan fingerprint density at radius 1 is 0.882 bits per heavy atom. The molecule has 3 aliphatic carbocycles. The van der Waals surface area contributed by atoms with Crippen LogP contribution in [-0.2, 0) is 17.8 Å². The van der Waals surface area contributed by atoms with E-state index < -0.39 is 7.92 Å². The van der Waals surface area contributed by atoms with Gasteiger partial charge in [0.2, 0.25) is 0 Å². The number of nitrogens with zero attached hydrogens (tertiary/aromatic N) is 1. The molecule has 0 amide bonds. The Bertz CT molecular complexity index is 1010. The van der Waals surface area contributed by atoms with Crippen molar-refractivity contribution < 1.29 is 17.8 Å². The molecule has 0 N–H and O–H groups in total. The van der Waals surface area contributed by atoms with E-state index in [0.29, 0.717) is 5.41 Å². The Kier molecular flexibility index (Phi) is 10.3. The van der Waals surface area contributed by atoms with Crippen molar-refractivity contribution >= 4 is 43.3 Å². The number of halogens is 1. The summed E-state index contributed by atoms with van der Waals surface area (Å²) < 4.78 is 0. The molecule has 3 aliphatic rings. The maximum Gasteiger partial charge on any atom is -0.358 e. The third-order valence-corrected chi connectivity index (χ3v) is 10.7. The normalized spacial score (nSPS) is 22.4. The molecule has 3 aromatic carbocycles. The van der Waals surface area contributed by atoms with Gasteiger partial charge in [-0.15, -0.1) is 0 Å². The summed E-state index contributed by atoms with van der Waals surface area (Å²) in [6.45, 7) is 5.94. The molecule has 1 nitrogen and oxygen atoms in total. The summed E-state index contributed by atoms with van der Waals surface area (Å²) in [5.74, 6) is 2.59. The predicted octanol–water partition coefficient (Wildman–Crippen LogP) is 6.96. The molecule has 3 atom stereocenters. The fourth-order valence-electron chi connectivity index (χ4n) is 5.99. The van der Waals surface area contributed by atoms with Crippen molar-refractivity contribution in [2.24, 2.45) is 28.2 Å². The third-order valence-electron chi connectivity index (χ3n) is 7.93. The number of benzene rings is 3. The van der Waals surface area contributed by atoms with Crippen molar-refractivity contribution in [2.75, 3.05) is 6.54 Å². The maximum atomic E-state index is 5.03. The Morgan fingerprint density at radius 3 is 2.00 bits per heavy atom. The molecule has 4 heteroatoms. The monoisotopic (exact) mass is 715 g/mol. The van der Waals surface area contributed by atoms with Crippen LogP contribution in [0.2, 0.25) is 0 Å². The van der Waals surface area contributed by atoms with Crippen LogP contribution in [0.5, 0.6) is 0 Å². The van der Waals surface area contributed by atoms with Crippen LogP contribution in [-0.4, -0.2) is 12.8 Å². The molecular weight excluding hydrogens is 680 g/mol. The summed E-state index contributed by atoms with van der Waals surface area (Å²) in [7, 11) is -1.07. The molecule has 0 aromatic heterocycles. The van der Waals surface area contributed by atoms with Gasteiger partial charge in [-0.05, 0) is 78.8 Å². The van der Waals surface area contributed by atoms with E-state index in [2.05, 4.69) is 118 Å².